The van der Waals surface area contributed by atoms with Crippen LogP contribution in [0.25, 0.3) is 0 Å². The molecule has 2 heterocycles. The molecule has 1 fully saturated rings. The van der Waals surface area contributed by atoms with Gasteiger partial charge in [0, 0.05) is 5.56 Å². The fourth-order valence-corrected chi connectivity index (χ4v) is 3.26. The summed E-state index contributed by atoms with van der Waals surface area (Å²) >= 11 is 0. The molecule has 1 saturated heterocycles. The van der Waals surface area contributed by atoms with Crippen molar-refractivity contribution in [1.82, 2.24) is 10.1 Å². The third kappa shape index (κ3) is 3.66. The molecule has 134 valence electrons. The van der Waals surface area contributed by atoms with Crippen molar-refractivity contribution < 1.29 is 23.3 Å². The van der Waals surface area contributed by atoms with Gasteiger partial charge in [-0.25, -0.2) is 4.39 Å². The minimum absolute atomic E-state index is 0.0224. The molecule has 1 amide bonds. The van der Waals surface area contributed by atoms with Crippen molar-refractivity contribution in [2.24, 2.45) is 0 Å². The van der Waals surface area contributed by atoms with Gasteiger partial charge in [0.15, 0.2) is 11.6 Å². The quantitative estimate of drug-likeness (QED) is 0.895. The van der Waals surface area contributed by atoms with Crippen LogP contribution in [0.1, 0.15) is 27.4 Å². The number of nitrogens with one attached hydrogen (secondary N) is 1. The van der Waals surface area contributed by atoms with Crippen LogP contribution >= 0.6 is 0 Å². The number of aromatic nitrogens is 1. The smallest absolute Gasteiger partial charge is 0.259 e. The Morgan fingerprint density at radius 3 is 2.64 bits per heavy atom. The van der Waals surface area contributed by atoms with Gasteiger partial charge in [-0.15, -0.1) is 0 Å². The van der Waals surface area contributed by atoms with Crippen molar-refractivity contribution in [3.8, 4) is 5.75 Å². The molecule has 2 aromatic rings. The van der Waals surface area contributed by atoms with Gasteiger partial charge in [0.05, 0.1) is 39.0 Å². The first-order valence-corrected chi connectivity index (χ1v) is 8.37. The zero-order valence-corrected chi connectivity index (χ0v) is 14.8. The van der Waals surface area contributed by atoms with E-state index >= 15 is 0 Å². The Morgan fingerprint density at radius 1 is 1.36 bits per heavy atom. The van der Waals surface area contributed by atoms with E-state index in [4.69, 9.17) is 9.26 Å². The maximum atomic E-state index is 13.8. The van der Waals surface area contributed by atoms with E-state index < -0.39 is 0 Å². The second kappa shape index (κ2) is 7.23. The average Bonchev–Trinajstić information content (AvgIpc) is 2.94. The molecular formula is C18H23FN3O3+. The lowest BCUT2D eigenvalue weighted by atomic mass is 10.1. The fourth-order valence-electron chi connectivity index (χ4n) is 3.26. The minimum Gasteiger partial charge on any atom is -0.494 e. The minimum atomic E-state index is -0.341. The van der Waals surface area contributed by atoms with Crippen molar-refractivity contribution in [2.45, 2.75) is 20.4 Å². The van der Waals surface area contributed by atoms with Crippen molar-refractivity contribution >= 4 is 5.91 Å². The molecule has 6 nitrogen and oxygen atoms in total. The molecule has 0 aliphatic carbocycles. The maximum absolute atomic E-state index is 13.8. The number of halogens is 1. The number of piperazine rings is 1. The maximum Gasteiger partial charge on any atom is 0.259 e. The van der Waals surface area contributed by atoms with E-state index in [-0.39, 0.29) is 17.5 Å². The number of hydrogen-bond donors (Lipinski definition) is 1. The summed E-state index contributed by atoms with van der Waals surface area (Å²) in [4.78, 5) is 15.8. The fraction of sp³-hybridized carbons (Fsp3) is 0.444. The van der Waals surface area contributed by atoms with Gasteiger partial charge < -0.3 is 19.1 Å². The number of nitrogens with zero attached hydrogens (tertiary/aromatic N) is 2. The Hall–Kier alpha value is -2.41. The lowest BCUT2D eigenvalue weighted by Crippen LogP contribution is -3.13. The van der Waals surface area contributed by atoms with Gasteiger partial charge in [0.25, 0.3) is 5.91 Å². The second-order valence-corrected chi connectivity index (χ2v) is 6.39. The summed E-state index contributed by atoms with van der Waals surface area (Å²) in [5, 5.41) is 3.85. The molecule has 0 saturated carbocycles. The van der Waals surface area contributed by atoms with Crippen molar-refractivity contribution in [1.29, 1.82) is 0 Å². The number of hydrogen-bond acceptors (Lipinski definition) is 4. The molecule has 1 aliphatic heterocycles. The molecular weight excluding hydrogens is 325 g/mol. The molecule has 1 aliphatic rings. The number of quaternary nitrogens is 1. The van der Waals surface area contributed by atoms with Gasteiger partial charge in [-0.3, -0.25) is 4.79 Å². The Kier molecular flexibility index (Phi) is 5.03. The van der Waals surface area contributed by atoms with Crippen molar-refractivity contribution in [2.75, 3.05) is 33.3 Å². The molecule has 7 heteroatoms. The van der Waals surface area contributed by atoms with Crippen LogP contribution in [0.2, 0.25) is 0 Å². The SMILES string of the molecule is COc1ccc(C[NH+]2CCN(C(=O)c3c(C)noc3C)CC2)cc1F. The van der Waals surface area contributed by atoms with Gasteiger partial charge in [-0.05, 0) is 32.0 Å². The first-order valence-electron chi connectivity index (χ1n) is 8.37. The van der Waals surface area contributed by atoms with E-state index in [9.17, 15) is 9.18 Å². The first-order chi connectivity index (χ1) is 12.0. The zero-order valence-electron chi connectivity index (χ0n) is 14.8. The topological polar surface area (TPSA) is 60.0 Å². The molecule has 0 bridgehead atoms. The highest BCUT2D eigenvalue weighted by atomic mass is 19.1. The number of ether oxygens (including phenoxy) is 1. The number of carbonyl (C=O) groups excluding carboxylic acids is 1. The van der Waals surface area contributed by atoms with Crippen molar-refractivity contribution in [3.05, 3.63) is 46.6 Å². The molecule has 0 atom stereocenters. The number of rotatable bonds is 4. The third-order valence-corrected chi connectivity index (χ3v) is 4.68. The lowest BCUT2D eigenvalue weighted by molar-refractivity contribution is -0.917. The molecule has 1 N–H and O–H groups in total. The monoisotopic (exact) mass is 348 g/mol. The molecule has 0 spiro atoms. The summed E-state index contributed by atoms with van der Waals surface area (Å²) in [6.45, 7) is 7.24. The Labute approximate surface area is 146 Å². The van der Waals surface area contributed by atoms with Crippen LogP contribution in [0.4, 0.5) is 4.39 Å². The number of amides is 1. The summed E-state index contributed by atoms with van der Waals surface area (Å²) in [5.74, 6) is 0.456. The van der Waals surface area contributed by atoms with Crippen LogP contribution < -0.4 is 9.64 Å². The summed E-state index contributed by atoms with van der Waals surface area (Å²) in [7, 11) is 1.46. The van der Waals surface area contributed by atoms with E-state index in [0.717, 1.165) is 25.2 Å². The first kappa shape index (κ1) is 17.4. The molecule has 1 aromatic heterocycles. The van der Waals surface area contributed by atoms with Crippen LogP contribution in [-0.4, -0.2) is 49.3 Å². The van der Waals surface area contributed by atoms with E-state index in [0.29, 0.717) is 30.1 Å². The largest absolute Gasteiger partial charge is 0.494 e. The van der Waals surface area contributed by atoms with Crippen LogP contribution in [0.3, 0.4) is 0 Å². The number of aryl methyl sites for hydroxylation is 2. The van der Waals surface area contributed by atoms with E-state index in [1.54, 1.807) is 19.9 Å². The summed E-state index contributed by atoms with van der Waals surface area (Å²) in [6.07, 6.45) is 0. The van der Waals surface area contributed by atoms with Gasteiger partial charge in [0.1, 0.15) is 17.9 Å². The highest BCUT2D eigenvalue weighted by Crippen LogP contribution is 2.17. The van der Waals surface area contributed by atoms with Crippen LogP contribution in [0.15, 0.2) is 22.7 Å². The number of benzene rings is 1. The lowest BCUT2D eigenvalue weighted by Gasteiger charge is -2.32. The van der Waals surface area contributed by atoms with Gasteiger partial charge in [-0.2, -0.15) is 0 Å². The Bertz CT molecular complexity index is 747. The Balaban J connectivity index is 1.59. The predicted octanol–water partition coefficient (Wildman–Crippen LogP) is 0.980. The number of carbonyl (C=O) groups is 1. The van der Waals surface area contributed by atoms with Crippen LogP contribution in [-0.2, 0) is 6.54 Å². The predicted molar refractivity (Wildman–Crippen MR) is 89.2 cm³/mol. The van der Waals surface area contributed by atoms with E-state index in [2.05, 4.69) is 5.16 Å². The molecule has 0 radical (unpaired) electrons. The summed E-state index contributed by atoms with van der Waals surface area (Å²) in [5.41, 5.74) is 2.13. The van der Waals surface area contributed by atoms with Gasteiger partial charge in [-0.1, -0.05) is 5.16 Å². The normalized spacial score (nSPS) is 15.4. The Morgan fingerprint density at radius 2 is 2.08 bits per heavy atom. The number of methoxy groups -OCH3 is 1. The van der Waals surface area contributed by atoms with E-state index in [1.807, 2.05) is 11.0 Å². The van der Waals surface area contributed by atoms with E-state index in [1.165, 1.54) is 18.1 Å². The molecule has 3 rings (SSSR count). The third-order valence-electron chi connectivity index (χ3n) is 4.68. The van der Waals surface area contributed by atoms with Gasteiger partial charge >= 0.3 is 0 Å². The average molecular weight is 348 g/mol. The standard InChI is InChI=1S/C18H22FN3O3/c1-12-17(13(2)25-20-12)18(23)22-8-6-21(7-9-22)11-14-4-5-16(24-3)15(19)10-14/h4-5,10H,6-9,11H2,1-3H3/p+1. The van der Waals surface area contributed by atoms with Gasteiger partial charge in [0.2, 0.25) is 0 Å². The highest BCUT2D eigenvalue weighted by molar-refractivity contribution is 5.96. The van der Waals surface area contributed by atoms with Crippen LogP contribution in [0, 0.1) is 19.7 Å². The summed E-state index contributed by atoms with van der Waals surface area (Å²) in [6, 6.07) is 5.06. The highest BCUT2D eigenvalue weighted by Gasteiger charge is 2.28. The van der Waals surface area contributed by atoms with Crippen molar-refractivity contribution in [3.63, 3.8) is 0 Å². The molecule has 25 heavy (non-hydrogen) atoms. The second-order valence-electron chi connectivity index (χ2n) is 6.39. The molecule has 0 unspecified atom stereocenters. The zero-order chi connectivity index (χ0) is 18.0. The van der Waals surface area contributed by atoms with Crippen LogP contribution in [0.5, 0.6) is 5.75 Å². The summed E-state index contributed by atoms with van der Waals surface area (Å²) < 4.78 is 23.8. The molecule has 1 aromatic carbocycles.